The van der Waals surface area contributed by atoms with Crippen LogP contribution >= 0.6 is 11.8 Å². The van der Waals surface area contributed by atoms with Gasteiger partial charge in [0.2, 0.25) is 11.1 Å². The maximum Gasteiger partial charge on any atom is 0.230 e. The van der Waals surface area contributed by atoms with E-state index in [4.69, 9.17) is 10.6 Å². The third-order valence-corrected chi connectivity index (χ3v) is 5.43. The van der Waals surface area contributed by atoms with Crippen LogP contribution in [0.1, 0.15) is 37.7 Å². The predicted molar refractivity (Wildman–Crippen MR) is 119 cm³/mol. The number of amides is 1. The Morgan fingerprint density at radius 2 is 1.80 bits per heavy atom. The lowest BCUT2D eigenvalue weighted by atomic mass is 9.87. The summed E-state index contributed by atoms with van der Waals surface area (Å²) >= 11 is 1.23. The number of benzene rings is 2. The standard InChI is InChI=1S/C22H27N5O2S/c1-22(2,3)17-9-11-18(12-10-17)29-14-19-25-26-21(27(19)23)30-15-20(28)24-13-16-7-5-4-6-8-16/h4-12H,13-15,23H2,1-3H3,(H,24,28). The van der Waals surface area contributed by atoms with Gasteiger partial charge in [0, 0.05) is 6.54 Å². The van der Waals surface area contributed by atoms with Gasteiger partial charge in [-0.3, -0.25) is 4.79 Å². The number of carbonyl (C=O) groups excluding carboxylic acids is 1. The van der Waals surface area contributed by atoms with E-state index < -0.39 is 0 Å². The third-order valence-electron chi connectivity index (χ3n) is 4.49. The average molecular weight is 426 g/mol. The lowest BCUT2D eigenvalue weighted by Gasteiger charge is -2.19. The van der Waals surface area contributed by atoms with Crippen molar-refractivity contribution >= 4 is 17.7 Å². The summed E-state index contributed by atoms with van der Waals surface area (Å²) in [5.41, 5.74) is 2.38. The van der Waals surface area contributed by atoms with Crippen LogP contribution in [0.25, 0.3) is 0 Å². The summed E-state index contributed by atoms with van der Waals surface area (Å²) in [7, 11) is 0. The smallest absolute Gasteiger partial charge is 0.230 e. The molecule has 3 rings (SSSR count). The molecule has 3 aromatic rings. The SMILES string of the molecule is CC(C)(C)c1ccc(OCc2nnc(SCC(=O)NCc3ccccc3)n2N)cc1. The molecule has 0 saturated carbocycles. The summed E-state index contributed by atoms with van der Waals surface area (Å²) in [5.74, 6) is 7.40. The molecule has 0 atom stereocenters. The summed E-state index contributed by atoms with van der Waals surface area (Å²) in [4.78, 5) is 12.1. The van der Waals surface area contributed by atoms with Crippen molar-refractivity contribution < 1.29 is 9.53 Å². The number of ether oxygens (including phenoxy) is 1. The number of nitrogens with two attached hydrogens (primary N) is 1. The Morgan fingerprint density at radius 3 is 2.47 bits per heavy atom. The number of nitrogens with zero attached hydrogens (tertiary/aromatic N) is 3. The van der Waals surface area contributed by atoms with Gasteiger partial charge in [-0.05, 0) is 28.7 Å². The molecular formula is C22H27N5O2S. The molecule has 0 radical (unpaired) electrons. The molecule has 3 N–H and O–H groups in total. The van der Waals surface area contributed by atoms with Crippen LogP contribution in [-0.4, -0.2) is 26.5 Å². The summed E-state index contributed by atoms with van der Waals surface area (Å²) in [5, 5.41) is 11.5. The zero-order valence-corrected chi connectivity index (χ0v) is 18.3. The fourth-order valence-electron chi connectivity index (χ4n) is 2.68. The molecule has 0 fully saturated rings. The van der Waals surface area contributed by atoms with Crippen molar-refractivity contribution in [2.45, 2.75) is 44.5 Å². The van der Waals surface area contributed by atoms with Crippen LogP contribution in [0, 0.1) is 0 Å². The minimum Gasteiger partial charge on any atom is -0.486 e. The number of hydrogen-bond acceptors (Lipinski definition) is 6. The van der Waals surface area contributed by atoms with Gasteiger partial charge in [0.25, 0.3) is 0 Å². The summed E-state index contributed by atoms with van der Waals surface area (Å²) in [6.45, 7) is 7.18. The molecule has 0 aliphatic heterocycles. The minimum absolute atomic E-state index is 0.0927. The monoisotopic (exact) mass is 425 g/mol. The Hall–Kier alpha value is -3.00. The lowest BCUT2D eigenvalue weighted by Crippen LogP contribution is -2.25. The second-order valence-corrected chi connectivity index (χ2v) is 8.83. The number of nitrogen functional groups attached to an aromatic ring is 1. The summed E-state index contributed by atoms with van der Waals surface area (Å²) in [6, 6.07) is 17.7. The van der Waals surface area contributed by atoms with Gasteiger partial charge in [0.05, 0.1) is 5.75 Å². The van der Waals surface area contributed by atoms with E-state index in [1.54, 1.807) is 0 Å². The number of rotatable bonds is 8. The molecular weight excluding hydrogens is 398 g/mol. The van der Waals surface area contributed by atoms with E-state index in [2.05, 4.69) is 48.4 Å². The topological polar surface area (TPSA) is 95.1 Å². The Labute approximate surface area is 181 Å². The van der Waals surface area contributed by atoms with Gasteiger partial charge in [-0.25, -0.2) is 4.68 Å². The molecule has 1 aromatic heterocycles. The first-order valence-corrected chi connectivity index (χ1v) is 10.7. The summed E-state index contributed by atoms with van der Waals surface area (Å²) in [6.07, 6.45) is 0. The highest BCUT2D eigenvalue weighted by Gasteiger charge is 2.15. The van der Waals surface area contributed by atoms with Gasteiger partial charge in [0.1, 0.15) is 12.4 Å². The van der Waals surface area contributed by atoms with Gasteiger partial charge in [-0.1, -0.05) is 75.0 Å². The Balaban J connectivity index is 1.47. The van der Waals surface area contributed by atoms with Crippen LogP contribution in [-0.2, 0) is 23.4 Å². The van der Waals surface area contributed by atoms with Crippen molar-refractivity contribution in [1.82, 2.24) is 20.2 Å². The normalized spacial score (nSPS) is 11.3. The van der Waals surface area contributed by atoms with E-state index in [1.807, 2.05) is 42.5 Å². The number of thioether (sulfide) groups is 1. The van der Waals surface area contributed by atoms with Gasteiger partial charge < -0.3 is 15.9 Å². The Kier molecular flexibility index (Phi) is 6.99. The van der Waals surface area contributed by atoms with Crippen molar-refractivity contribution in [2.75, 3.05) is 11.6 Å². The van der Waals surface area contributed by atoms with Crippen LogP contribution in [0.5, 0.6) is 5.75 Å². The van der Waals surface area contributed by atoms with Crippen LogP contribution in [0.2, 0.25) is 0 Å². The number of hydrogen-bond donors (Lipinski definition) is 2. The average Bonchev–Trinajstić information content (AvgIpc) is 3.09. The molecule has 0 aliphatic rings. The number of nitrogens with one attached hydrogen (secondary N) is 1. The highest BCUT2D eigenvalue weighted by molar-refractivity contribution is 7.99. The highest BCUT2D eigenvalue weighted by atomic mass is 32.2. The second-order valence-electron chi connectivity index (χ2n) is 7.88. The first-order chi connectivity index (χ1) is 14.3. The van der Waals surface area contributed by atoms with Crippen LogP contribution in [0.15, 0.2) is 59.8 Å². The van der Waals surface area contributed by atoms with Crippen LogP contribution < -0.4 is 15.9 Å². The fraction of sp³-hybridized carbons (Fsp3) is 0.318. The van der Waals surface area contributed by atoms with Crippen molar-refractivity contribution in [3.63, 3.8) is 0 Å². The highest BCUT2D eigenvalue weighted by Crippen LogP contribution is 2.24. The first-order valence-electron chi connectivity index (χ1n) is 9.69. The second kappa shape index (κ2) is 9.67. The molecule has 0 unspecified atom stereocenters. The van der Waals surface area contributed by atoms with E-state index in [0.29, 0.717) is 17.5 Å². The van der Waals surface area contributed by atoms with Crippen LogP contribution in [0.4, 0.5) is 0 Å². The predicted octanol–water partition coefficient (Wildman–Crippen LogP) is 3.28. The van der Waals surface area contributed by atoms with E-state index >= 15 is 0 Å². The first kappa shape index (κ1) is 21.7. The van der Waals surface area contributed by atoms with Crippen LogP contribution in [0.3, 0.4) is 0 Å². The fourth-order valence-corrected chi connectivity index (χ4v) is 3.39. The molecule has 7 nitrogen and oxygen atoms in total. The van der Waals surface area contributed by atoms with E-state index in [9.17, 15) is 4.79 Å². The van der Waals surface area contributed by atoms with Gasteiger partial charge in [0.15, 0.2) is 5.82 Å². The summed E-state index contributed by atoms with van der Waals surface area (Å²) < 4.78 is 7.13. The number of aromatic nitrogens is 3. The molecule has 0 saturated heterocycles. The van der Waals surface area contributed by atoms with E-state index in [-0.39, 0.29) is 23.7 Å². The van der Waals surface area contributed by atoms with E-state index in [0.717, 1.165) is 11.3 Å². The molecule has 30 heavy (non-hydrogen) atoms. The zero-order valence-electron chi connectivity index (χ0n) is 17.5. The lowest BCUT2D eigenvalue weighted by molar-refractivity contribution is -0.118. The van der Waals surface area contributed by atoms with Crippen molar-refractivity contribution in [3.05, 3.63) is 71.5 Å². The van der Waals surface area contributed by atoms with Crippen molar-refractivity contribution in [3.8, 4) is 5.75 Å². The van der Waals surface area contributed by atoms with Crippen molar-refractivity contribution in [1.29, 1.82) is 0 Å². The molecule has 1 amide bonds. The Morgan fingerprint density at radius 1 is 1.10 bits per heavy atom. The van der Waals surface area contributed by atoms with E-state index in [1.165, 1.54) is 22.0 Å². The zero-order chi connectivity index (χ0) is 21.6. The minimum atomic E-state index is -0.0939. The van der Waals surface area contributed by atoms with Gasteiger partial charge in [-0.2, -0.15) is 0 Å². The molecule has 0 spiro atoms. The van der Waals surface area contributed by atoms with Gasteiger partial charge >= 0.3 is 0 Å². The molecule has 8 heteroatoms. The quantitative estimate of drug-likeness (QED) is 0.425. The van der Waals surface area contributed by atoms with Gasteiger partial charge in [-0.15, -0.1) is 10.2 Å². The molecule has 2 aromatic carbocycles. The largest absolute Gasteiger partial charge is 0.486 e. The maximum atomic E-state index is 12.1. The third kappa shape index (κ3) is 6.00. The van der Waals surface area contributed by atoms with Crippen molar-refractivity contribution in [2.24, 2.45) is 0 Å². The molecule has 158 valence electrons. The number of carbonyl (C=O) groups is 1. The molecule has 1 heterocycles. The molecule has 0 aliphatic carbocycles. The molecule has 0 bridgehead atoms. The Bertz CT molecular complexity index is 965. The maximum absolute atomic E-state index is 12.1.